The maximum Gasteiger partial charge on any atom is 0.170 e. The predicted molar refractivity (Wildman–Crippen MR) is 103 cm³/mol. The fraction of sp³-hybridized carbons (Fsp3) is 0.450. The van der Waals surface area contributed by atoms with Crippen LogP contribution in [0.4, 0.5) is 5.82 Å². The van der Waals surface area contributed by atoms with Gasteiger partial charge in [0, 0.05) is 38.4 Å². The summed E-state index contributed by atoms with van der Waals surface area (Å²) in [4.78, 5) is 23.7. The molecule has 4 rings (SSSR count). The first kappa shape index (κ1) is 18.0. The van der Waals surface area contributed by atoms with Crippen LogP contribution in [0.15, 0.2) is 24.3 Å². The number of hydrogen-bond acceptors (Lipinski definition) is 6. The largest absolute Gasteiger partial charge is 0.497 e. The molecule has 0 saturated carbocycles. The smallest absolute Gasteiger partial charge is 0.170 e. The lowest BCUT2D eigenvalue weighted by Crippen LogP contribution is -2.51. The van der Waals surface area contributed by atoms with E-state index in [1.54, 1.807) is 19.2 Å². The van der Waals surface area contributed by atoms with Crippen LogP contribution in [0.5, 0.6) is 11.5 Å². The zero-order chi connectivity index (χ0) is 19.0. The fourth-order valence-corrected chi connectivity index (χ4v) is 3.99. The number of aromatic nitrogens is 2. The molecule has 1 fully saturated rings. The summed E-state index contributed by atoms with van der Waals surface area (Å²) in [6.07, 6.45) is 2.65. The Labute approximate surface area is 163 Å². The van der Waals surface area contributed by atoms with Gasteiger partial charge in [-0.15, -0.1) is 0 Å². The van der Waals surface area contributed by atoms with Crippen LogP contribution in [-0.2, 0) is 6.42 Å². The van der Waals surface area contributed by atoms with Crippen molar-refractivity contribution in [3.05, 3.63) is 40.8 Å². The highest BCUT2D eigenvalue weighted by Crippen LogP contribution is 2.41. The van der Waals surface area contributed by atoms with Crippen LogP contribution in [0.3, 0.4) is 0 Å². The van der Waals surface area contributed by atoms with Gasteiger partial charge in [-0.1, -0.05) is 18.5 Å². The quantitative estimate of drug-likeness (QED) is 0.748. The molecule has 7 heteroatoms. The van der Waals surface area contributed by atoms with Crippen LogP contribution in [0, 0.1) is 0 Å². The van der Waals surface area contributed by atoms with E-state index in [2.05, 4.69) is 14.9 Å². The molecule has 1 spiro atoms. The lowest BCUT2D eigenvalue weighted by molar-refractivity contribution is 0.0230. The fourth-order valence-electron chi connectivity index (χ4n) is 3.79. The monoisotopic (exact) mass is 387 g/mol. The minimum absolute atomic E-state index is 0.113. The van der Waals surface area contributed by atoms with Crippen LogP contribution in [0.25, 0.3) is 0 Å². The van der Waals surface area contributed by atoms with Gasteiger partial charge in [0.25, 0.3) is 0 Å². The van der Waals surface area contributed by atoms with Crippen molar-refractivity contribution >= 4 is 23.2 Å². The van der Waals surface area contributed by atoms with Gasteiger partial charge in [-0.25, -0.2) is 9.97 Å². The second kappa shape index (κ2) is 7.00. The highest BCUT2D eigenvalue weighted by Gasteiger charge is 2.43. The first-order valence-electron chi connectivity index (χ1n) is 9.20. The van der Waals surface area contributed by atoms with Gasteiger partial charge >= 0.3 is 0 Å². The average molecular weight is 388 g/mol. The Balaban J connectivity index is 1.52. The van der Waals surface area contributed by atoms with Crippen LogP contribution in [0.1, 0.15) is 42.4 Å². The minimum Gasteiger partial charge on any atom is -0.497 e. The summed E-state index contributed by atoms with van der Waals surface area (Å²) in [5, 5.41) is 0.462. The van der Waals surface area contributed by atoms with E-state index in [4.69, 9.17) is 21.1 Å². The lowest BCUT2D eigenvalue weighted by atomic mass is 9.82. The third kappa shape index (κ3) is 3.46. The SMILES string of the molecule is CCc1nc(Cl)cc(N2CCC3(CC2)CC(=O)c2cc(OC)ccc2O3)n1. The average Bonchev–Trinajstić information content (AvgIpc) is 2.68. The van der Waals surface area contributed by atoms with E-state index >= 15 is 0 Å². The third-order valence-corrected chi connectivity index (χ3v) is 5.53. The summed E-state index contributed by atoms with van der Waals surface area (Å²) in [7, 11) is 1.59. The number of methoxy groups -OCH3 is 1. The standard InChI is InChI=1S/C20H22ClN3O3/c1-3-18-22-17(21)11-19(23-18)24-8-6-20(7-9-24)12-15(25)14-10-13(26-2)4-5-16(14)27-20/h4-5,10-11H,3,6-9,12H2,1-2H3. The second-order valence-electron chi connectivity index (χ2n) is 7.05. The Kier molecular flexibility index (Phi) is 4.68. The van der Waals surface area contributed by atoms with Crippen molar-refractivity contribution < 1.29 is 14.3 Å². The number of halogens is 1. The van der Waals surface area contributed by atoms with E-state index in [0.717, 1.165) is 44.0 Å². The summed E-state index contributed by atoms with van der Waals surface area (Å²) >= 11 is 6.13. The van der Waals surface area contributed by atoms with E-state index in [1.165, 1.54) is 0 Å². The summed E-state index contributed by atoms with van der Waals surface area (Å²) in [5.41, 5.74) is 0.164. The third-order valence-electron chi connectivity index (χ3n) is 5.34. The van der Waals surface area contributed by atoms with Crippen molar-refractivity contribution in [1.82, 2.24) is 9.97 Å². The molecule has 3 heterocycles. The van der Waals surface area contributed by atoms with E-state index in [9.17, 15) is 4.79 Å². The second-order valence-corrected chi connectivity index (χ2v) is 7.44. The first-order chi connectivity index (χ1) is 13.0. The Morgan fingerprint density at radius 1 is 1.26 bits per heavy atom. The Morgan fingerprint density at radius 3 is 2.74 bits per heavy atom. The molecule has 1 aromatic carbocycles. The normalized spacial score (nSPS) is 18.2. The summed E-state index contributed by atoms with van der Waals surface area (Å²) < 4.78 is 11.5. The maximum absolute atomic E-state index is 12.7. The topological polar surface area (TPSA) is 64.6 Å². The zero-order valence-electron chi connectivity index (χ0n) is 15.5. The lowest BCUT2D eigenvalue weighted by Gasteiger charge is -2.44. The molecule has 1 aromatic heterocycles. The molecule has 1 saturated heterocycles. The summed E-state index contributed by atoms with van der Waals surface area (Å²) in [5.74, 6) is 3.02. The number of aryl methyl sites for hydroxylation is 1. The van der Waals surface area contributed by atoms with Crippen LogP contribution in [-0.4, -0.2) is 41.6 Å². The van der Waals surface area contributed by atoms with Gasteiger partial charge in [-0.3, -0.25) is 4.79 Å². The molecule has 0 aliphatic carbocycles. The van der Waals surface area contributed by atoms with Crippen molar-refractivity contribution in [2.24, 2.45) is 0 Å². The number of carbonyl (C=O) groups is 1. The number of ether oxygens (including phenoxy) is 2. The van der Waals surface area contributed by atoms with Gasteiger partial charge in [0.1, 0.15) is 33.9 Å². The highest BCUT2D eigenvalue weighted by molar-refractivity contribution is 6.29. The molecule has 0 N–H and O–H groups in total. The van der Waals surface area contributed by atoms with E-state index in [-0.39, 0.29) is 5.78 Å². The van der Waals surface area contributed by atoms with Crippen molar-refractivity contribution in [3.8, 4) is 11.5 Å². The Morgan fingerprint density at radius 2 is 2.04 bits per heavy atom. The van der Waals surface area contributed by atoms with Crippen molar-refractivity contribution in [1.29, 1.82) is 0 Å². The van der Waals surface area contributed by atoms with Crippen molar-refractivity contribution in [2.45, 2.75) is 38.2 Å². The van der Waals surface area contributed by atoms with E-state index < -0.39 is 5.60 Å². The molecule has 0 unspecified atom stereocenters. The molecule has 2 aromatic rings. The van der Waals surface area contributed by atoms with Gasteiger partial charge in [-0.2, -0.15) is 0 Å². The van der Waals surface area contributed by atoms with Crippen LogP contribution < -0.4 is 14.4 Å². The number of anilines is 1. The van der Waals surface area contributed by atoms with Gasteiger partial charge in [0.05, 0.1) is 19.1 Å². The minimum atomic E-state index is -0.445. The summed E-state index contributed by atoms with van der Waals surface area (Å²) in [6, 6.07) is 7.22. The molecular weight excluding hydrogens is 366 g/mol. The van der Waals surface area contributed by atoms with E-state index in [0.29, 0.717) is 28.6 Å². The van der Waals surface area contributed by atoms with E-state index in [1.807, 2.05) is 19.1 Å². The molecule has 6 nitrogen and oxygen atoms in total. The number of benzene rings is 1. The molecule has 2 aliphatic heterocycles. The van der Waals surface area contributed by atoms with Crippen LogP contribution in [0.2, 0.25) is 5.15 Å². The molecule has 0 radical (unpaired) electrons. The molecule has 0 amide bonds. The maximum atomic E-state index is 12.7. The van der Waals surface area contributed by atoms with Gasteiger partial charge in [-0.05, 0) is 18.2 Å². The van der Waals surface area contributed by atoms with Crippen molar-refractivity contribution in [2.75, 3.05) is 25.1 Å². The number of hydrogen-bond donors (Lipinski definition) is 0. The number of piperidine rings is 1. The van der Waals surface area contributed by atoms with Gasteiger partial charge in [0.2, 0.25) is 0 Å². The van der Waals surface area contributed by atoms with Gasteiger partial charge in [0.15, 0.2) is 5.78 Å². The van der Waals surface area contributed by atoms with Crippen molar-refractivity contribution in [3.63, 3.8) is 0 Å². The number of Topliss-reactive ketones (excluding diaryl/α,β-unsaturated/α-hetero) is 1. The first-order valence-corrected chi connectivity index (χ1v) is 9.58. The van der Waals surface area contributed by atoms with Gasteiger partial charge < -0.3 is 14.4 Å². The number of nitrogens with zero attached hydrogens (tertiary/aromatic N) is 3. The highest BCUT2D eigenvalue weighted by atomic mass is 35.5. The molecule has 142 valence electrons. The molecule has 27 heavy (non-hydrogen) atoms. The predicted octanol–water partition coefficient (Wildman–Crippen LogP) is 3.71. The molecule has 0 atom stereocenters. The molecule has 2 aliphatic rings. The Hall–Kier alpha value is -2.34. The molecule has 0 bridgehead atoms. The zero-order valence-corrected chi connectivity index (χ0v) is 16.3. The Bertz CT molecular complexity index is 879. The van der Waals surface area contributed by atoms with Crippen LogP contribution >= 0.6 is 11.6 Å². The number of carbonyl (C=O) groups excluding carboxylic acids is 1. The number of ketones is 1. The number of fused-ring (bicyclic) bond motifs is 1. The summed E-state index contributed by atoms with van der Waals surface area (Å²) in [6.45, 7) is 3.53. The number of rotatable bonds is 3. The molecular formula is C20H22ClN3O3.